The maximum atomic E-state index is 8.95. The Labute approximate surface area is 170 Å². The molecule has 3 rings (SSSR count). The van der Waals surface area contributed by atoms with E-state index in [1.54, 1.807) is 0 Å². The number of benzene rings is 1. The van der Waals surface area contributed by atoms with Gasteiger partial charge >= 0.3 is 0 Å². The number of allylic oxidation sites excluding steroid dienone is 4. The molecule has 2 aliphatic rings. The molecule has 0 bridgehead atoms. The summed E-state index contributed by atoms with van der Waals surface area (Å²) in [6, 6.07) is 12.5. The van der Waals surface area contributed by atoms with Gasteiger partial charge in [-0.3, -0.25) is 0 Å². The van der Waals surface area contributed by atoms with E-state index in [-0.39, 0.29) is 0 Å². The van der Waals surface area contributed by atoms with Crippen LogP contribution >= 0.6 is 0 Å². The molecule has 2 heteroatoms. The summed E-state index contributed by atoms with van der Waals surface area (Å²) < 4.78 is 0. The highest BCUT2D eigenvalue weighted by Crippen LogP contribution is 2.39. The molecule has 0 N–H and O–H groups in total. The standard InChI is InChI=1S/C26H32N2/c27-19-3-1-2-4-21-5-7-22(8-6-21)9-10-23-11-15-25(16-12-23)26-17-13-24(20-28)14-18-26/h1-4,13-14,17-18,21-23,25H,5-12,15-16H2/b3-1+,4-2+. The molecule has 0 radical (unpaired) electrons. The van der Waals surface area contributed by atoms with Crippen LogP contribution in [0.5, 0.6) is 0 Å². The summed E-state index contributed by atoms with van der Waals surface area (Å²) in [6.45, 7) is 0. The Morgan fingerprint density at radius 3 is 1.96 bits per heavy atom. The summed E-state index contributed by atoms with van der Waals surface area (Å²) in [5, 5.41) is 17.5. The van der Waals surface area contributed by atoms with E-state index in [9.17, 15) is 0 Å². The van der Waals surface area contributed by atoms with E-state index in [0.29, 0.717) is 11.8 Å². The van der Waals surface area contributed by atoms with Crippen molar-refractivity contribution in [2.75, 3.05) is 0 Å². The van der Waals surface area contributed by atoms with Crippen LogP contribution in [0.4, 0.5) is 0 Å². The van der Waals surface area contributed by atoms with Gasteiger partial charge in [0, 0.05) is 6.08 Å². The van der Waals surface area contributed by atoms with Gasteiger partial charge in [0.1, 0.15) is 0 Å². The Kier molecular flexibility index (Phi) is 7.93. The van der Waals surface area contributed by atoms with Crippen molar-refractivity contribution in [2.24, 2.45) is 17.8 Å². The van der Waals surface area contributed by atoms with Gasteiger partial charge in [0.15, 0.2) is 0 Å². The Morgan fingerprint density at radius 1 is 0.786 bits per heavy atom. The van der Waals surface area contributed by atoms with Crippen LogP contribution in [0.15, 0.2) is 48.6 Å². The van der Waals surface area contributed by atoms with Gasteiger partial charge in [0.2, 0.25) is 0 Å². The zero-order valence-corrected chi connectivity index (χ0v) is 16.9. The third kappa shape index (κ3) is 6.10. The normalized spacial score (nSPS) is 28.2. The lowest BCUT2D eigenvalue weighted by Crippen LogP contribution is -2.17. The van der Waals surface area contributed by atoms with Crippen molar-refractivity contribution < 1.29 is 0 Å². The topological polar surface area (TPSA) is 47.6 Å². The van der Waals surface area contributed by atoms with Crippen LogP contribution < -0.4 is 0 Å². The summed E-state index contributed by atoms with van der Waals surface area (Å²) in [6.07, 6.45) is 21.3. The van der Waals surface area contributed by atoms with E-state index in [1.807, 2.05) is 30.4 Å². The second-order valence-electron chi connectivity index (χ2n) is 8.68. The third-order valence-electron chi connectivity index (χ3n) is 6.90. The van der Waals surface area contributed by atoms with E-state index in [4.69, 9.17) is 10.5 Å². The average Bonchev–Trinajstić information content (AvgIpc) is 2.76. The summed E-state index contributed by atoms with van der Waals surface area (Å²) in [5.41, 5.74) is 2.19. The molecule has 2 aliphatic carbocycles. The minimum absolute atomic E-state index is 0.696. The lowest BCUT2D eigenvalue weighted by Gasteiger charge is -2.31. The predicted octanol–water partition coefficient (Wildman–Crippen LogP) is 7.05. The highest BCUT2D eigenvalue weighted by atomic mass is 14.3. The van der Waals surface area contributed by atoms with Gasteiger partial charge in [0.25, 0.3) is 0 Å². The molecule has 28 heavy (non-hydrogen) atoms. The number of nitriles is 2. The predicted molar refractivity (Wildman–Crippen MR) is 114 cm³/mol. The second-order valence-corrected chi connectivity index (χ2v) is 8.68. The fourth-order valence-electron chi connectivity index (χ4n) is 5.07. The quantitative estimate of drug-likeness (QED) is 0.396. The van der Waals surface area contributed by atoms with Crippen LogP contribution in [-0.4, -0.2) is 0 Å². The van der Waals surface area contributed by atoms with Gasteiger partial charge < -0.3 is 0 Å². The average molecular weight is 373 g/mol. The van der Waals surface area contributed by atoms with E-state index in [2.05, 4.69) is 24.3 Å². The highest BCUT2D eigenvalue weighted by molar-refractivity contribution is 5.33. The first kappa shape index (κ1) is 20.4. The minimum atomic E-state index is 0.696. The van der Waals surface area contributed by atoms with E-state index >= 15 is 0 Å². The van der Waals surface area contributed by atoms with Crippen molar-refractivity contribution in [1.82, 2.24) is 0 Å². The molecular weight excluding hydrogens is 340 g/mol. The molecular formula is C26H32N2. The molecule has 2 nitrogen and oxygen atoms in total. The number of rotatable bonds is 6. The lowest BCUT2D eigenvalue weighted by atomic mass is 9.74. The van der Waals surface area contributed by atoms with Gasteiger partial charge in [-0.2, -0.15) is 10.5 Å². The van der Waals surface area contributed by atoms with Gasteiger partial charge in [-0.1, -0.05) is 43.2 Å². The maximum Gasteiger partial charge on any atom is 0.0991 e. The van der Waals surface area contributed by atoms with Crippen LogP contribution in [0, 0.1) is 40.4 Å². The van der Waals surface area contributed by atoms with E-state index < -0.39 is 0 Å². The molecule has 0 unspecified atom stereocenters. The Hall–Kier alpha value is -2.32. The lowest BCUT2D eigenvalue weighted by molar-refractivity contribution is 0.246. The Balaban J connectivity index is 1.34. The smallest absolute Gasteiger partial charge is 0.0991 e. The largest absolute Gasteiger partial charge is 0.193 e. The number of hydrogen-bond acceptors (Lipinski definition) is 2. The maximum absolute atomic E-state index is 8.95. The van der Waals surface area contributed by atoms with Crippen molar-refractivity contribution in [1.29, 1.82) is 10.5 Å². The van der Waals surface area contributed by atoms with Crippen LogP contribution in [0.25, 0.3) is 0 Å². The molecule has 0 aliphatic heterocycles. The van der Waals surface area contributed by atoms with E-state index in [1.165, 1.54) is 75.8 Å². The highest BCUT2D eigenvalue weighted by Gasteiger charge is 2.24. The first-order chi connectivity index (χ1) is 13.8. The molecule has 1 aromatic rings. The first-order valence-corrected chi connectivity index (χ1v) is 11.0. The molecule has 1 aromatic carbocycles. The first-order valence-electron chi connectivity index (χ1n) is 11.0. The summed E-state index contributed by atoms with van der Waals surface area (Å²) in [4.78, 5) is 0. The Morgan fingerprint density at radius 2 is 1.39 bits per heavy atom. The van der Waals surface area contributed by atoms with Crippen molar-refractivity contribution in [2.45, 2.75) is 70.1 Å². The fraction of sp³-hybridized carbons (Fsp3) is 0.538. The SMILES string of the molecule is N#C/C=C/C=C/C1CCC(CCC2CCC(c3ccc(C#N)cc3)CC2)CC1. The monoisotopic (exact) mass is 372 g/mol. The molecule has 0 spiro atoms. The molecule has 0 heterocycles. The number of nitrogens with zero attached hydrogens (tertiary/aromatic N) is 2. The molecule has 2 fully saturated rings. The van der Waals surface area contributed by atoms with E-state index in [0.717, 1.165) is 17.4 Å². The van der Waals surface area contributed by atoms with Crippen LogP contribution in [0.1, 0.15) is 81.3 Å². The van der Waals surface area contributed by atoms with Crippen LogP contribution in [0.3, 0.4) is 0 Å². The molecule has 146 valence electrons. The molecule has 0 amide bonds. The summed E-state index contributed by atoms with van der Waals surface area (Å²) in [5.74, 6) is 3.25. The summed E-state index contributed by atoms with van der Waals surface area (Å²) in [7, 11) is 0. The third-order valence-corrected chi connectivity index (χ3v) is 6.90. The Bertz CT molecular complexity index is 728. The van der Waals surface area contributed by atoms with Gasteiger partial charge in [0.05, 0.1) is 17.7 Å². The minimum Gasteiger partial charge on any atom is -0.193 e. The van der Waals surface area contributed by atoms with Gasteiger partial charge in [-0.15, -0.1) is 0 Å². The van der Waals surface area contributed by atoms with Gasteiger partial charge in [-0.05, 0) is 92.7 Å². The fourth-order valence-corrected chi connectivity index (χ4v) is 5.07. The molecule has 0 saturated heterocycles. The van der Waals surface area contributed by atoms with Crippen LogP contribution in [-0.2, 0) is 0 Å². The van der Waals surface area contributed by atoms with Crippen LogP contribution in [0.2, 0.25) is 0 Å². The second kappa shape index (κ2) is 10.9. The molecule has 2 saturated carbocycles. The molecule has 0 aromatic heterocycles. The van der Waals surface area contributed by atoms with Crippen molar-refractivity contribution >= 4 is 0 Å². The van der Waals surface area contributed by atoms with Crippen molar-refractivity contribution in [3.05, 3.63) is 59.7 Å². The number of hydrogen-bond donors (Lipinski definition) is 0. The van der Waals surface area contributed by atoms with Crippen molar-refractivity contribution in [3.63, 3.8) is 0 Å². The van der Waals surface area contributed by atoms with Crippen molar-refractivity contribution in [3.8, 4) is 12.1 Å². The zero-order chi connectivity index (χ0) is 19.6. The summed E-state index contributed by atoms with van der Waals surface area (Å²) >= 11 is 0. The molecule has 0 atom stereocenters. The van der Waals surface area contributed by atoms with Gasteiger partial charge in [-0.25, -0.2) is 0 Å². The zero-order valence-electron chi connectivity index (χ0n) is 16.9.